The lowest BCUT2D eigenvalue weighted by Crippen LogP contribution is -1.98. The van der Waals surface area contributed by atoms with E-state index in [1.54, 1.807) is 23.0 Å². The van der Waals surface area contributed by atoms with E-state index in [1.807, 2.05) is 0 Å². The van der Waals surface area contributed by atoms with E-state index in [-0.39, 0.29) is 4.88 Å². The fourth-order valence-corrected chi connectivity index (χ4v) is 2.59. The van der Waals surface area contributed by atoms with Gasteiger partial charge in [-0.15, -0.1) is 11.3 Å². The molecule has 20 heavy (non-hydrogen) atoms. The molecule has 0 bridgehead atoms. The van der Waals surface area contributed by atoms with Crippen molar-refractivity contribution in [3.8, 4) is 16.5 Å². The Morgan fingerprint density at radius 3 is 2.75 bits per heavy atom. The van der Waals surface area contributed by atoms with Crippen LogP contribution in [0, 0.1) is 5.82 Å². The second-order valence-electron chi connectivity index (χ2n) is 3.92. The lowest BCUT2D eigenvalue weighted by Gasteiger charge is -2.04. The number of aromatic carboxylic acids is 1. The van der Waals surface area contributed by atoms with Gasteiger partial charge in [0.05, 0.1) is 11.1 Å². The van der Waals surface area contributed by atoms with E-state index >= 15 is 0 Å². The minimum Gasteiger partial charge on any atom is -0.477 e. The third-order valence-corrected chi connectivity index (χ3v) is 3.71. The molecule has 0 aliphatic rings. The normalized spacial score (nSPS) is 10.7. The lowest BCUT2D eigenvalue weighted by molar-refractivity contribution is 0.0702. The number of nitrogens with zero attached hydrogens (tertiary/aromatic N) is 3. The molecule has 3 heterocycles. The number of thiophene rings is 1. The van der Waals surface area contributed by atoms with Gasteiger partial charge < -0.3 is 5.11 Å². The van der Waals surface area contributed by atoms with Gasteiger partial charge in [0.2, 0.25) is 0 Å². The van der Waals surface area contributed by atoms with Gasteiger partial charge in [0.1, 0.15) is 16.5 Å². The summed E-state index contributed by atoms with van der Waals surface area (Å²) >= 11 is 1.13. The van der Waals surface area contributed by atoms with Crippen molar-refractivity contribution in [3.63, 3.8) is 0 Å². The molecule has 1 N–H and O–H groups in total. The monoisotopic (exact) mass is 289 g/mol. The van der Waals surface area contributed by atoms with Crippen molar-refractivity contribution < 1.29 is 14.3 Å². The van der Waals surface area contributed by atoms with E-state index in [0.29, 0.717) is 16.5 Å². The zero-order valence-corrected chi connectivity index (χ0v) is 10.8. The van der Waals surface area contributed by atoms with Crippen molar-refractivity contribution in [2.24, 2.45) is 0 Å². The minimum absolute atomic E-state index is 0.238. The van der Waals surface area contributed by atoms with Crippen molar-refractivity contribution in [1.82, 2.24) is 14.5 Å². The van der Waals surface area contributed by atoms with Gasteiger partial charge in [0.25, 0.3) is 0 Å². The molecule has 0 radical (unpaired) electrons. The topological polar surface area (TPSA) is 68.0 Å². The Hall–Kier alpha value is -2.54. The van der Waals surface area contributed by atoms with Crippen LogP contribution in [0.15, 0.2) is 42.9 Å². The maximum absolute atomic E-state index is 12.9. The van der Waals surface area contributed by atoms with Crippen LogP contribution in [-0.4, -0.2) is 25.6 Å². The van der Waals surface area contributed by atoms with Crippen LogP contribution in [0.3, 0.4) is 0 Å². The van der Waals surface area contributed by atoms with Crippen LogP contribution < -0.4 is 0 Å². The Morgan fingerprint density at radius 1 is 1.25 bits per heavy atom. The van der Waals surface area contributed by atoms with Crippen LogP contribution in [0.4, 0.5) is 4.39 Å². The van der Waals surface area contributed by atoms with Crippen LogP contribution in [0.2, 0.25) is 0 Å². The standard InChI is InChI=1S/C13H8FN3O2S/c14-8-1-4-11(16-7-8)17-6-5-15-12(17)9-2-3-10(20-9)13(18)19/h1-7H,(H,18,19). The average molecular weight is 289 g/mol. The minimum atomic E-state index is -0.973. The molecular weight excluding hydrogens is 281 g/mol. The number of carboxylic acid groups (broad SMARTS) is 1. The largest absolute Gasteiger partial charge is 0.477 e. The third kappa shape index (κ3) is 2.19. The Labute approximate surface area is 117 Å². The van der Waals surface area contributed by atoms with Crippen molar-refractivity contribution in [1.29, 1.82) is 0 Å². The van der Waals surface area contributed by atoms with E-state index in [1.165, 1.54) is 18.2 Å². The Morgan fingerprint density at radius 2 is 2.10 bits per heavy atom. The first-order valence-corrected chi connectivity index (χ1v) is 6.45. The van der Waals surface area contributed by atoms with Crippen LogP contribution in [0.5, 0.6) is 0 Å². The quantitative estimate of drug-likeness (QED) is 0.805. The number of halogens is 1. The summed E-state index contributed by atoms with van der Waals surface area (Å²) in [6.45, 7) is 0. The van der Waals surface area contributed by atoms with E-state index in [9.17, 15) is 9.18 Å². The molecule has 0 amide bonds. The second kappa shape index (κ2) is 4.86. The molecule has 5 nitrogen and oxygen atoms in total. The van der Waals surface area contributed by atoms with E-state index in [2.05, 4.69) is 9.97 Å². The first kappa shape index (κ1) is 12.5. The van der Waals surface area contributed by atoms with Gasteiger partial charge >= 0.3 is 5.97 Å². The summed E-state index contributed by atoms with van der Waals surface area (Å²) in [4.78, 5) is 20.0. The Bertz CT molecular complexity index is 764. The van der Waals surface area contributed by atoms with Crippen molar-refractivity contribution in [2.45, 2.75) is 0 Å². The molecule has 100 valence electrons. The number of rotatable bonds is 3. The Kier molecular flexibility index (Phi) is 3.03. The number of imidazole rings is 1. The van der Waals surface area contributed by atoms with Crippen LogP contribution >= 0.6 is 11.3 Å². The van der Waals surface area contributed by atoms with Crippen LogP contribution in [0.25, 0.3) is 16.5 Å². The fraction of sp³-hybridized carbons (Fsp3) is 0. The van der Waals surface area contributed by atoms with Gasteiger partial charge in [-0.2, -0.15) is 0 Å². The number of carbonyl (C=O) groups is 1. The number of hydrogen-bond acceptors (Lipinski definition) is 4. The number of aromatic nitrogens is 3. The molecule has 0 unspecified atom stereocenters. The average Bonchev–Trinajstić information content (AvgIpc) is 3.08. The smallest absolute Gasteiger partial charge is 0.345 e. The van der Waals surface area contributed by atoms with Crippen molar-refractivity contribution in [2.75, 3.05) is 0 Å². The van der Waals surface area contributed by atoms with Gasteiger partial charge in [-0.1, -0.05) is 0 Å². The zero-order chi connectivity index (χ0) is 14.1. The molecule has 0 atom stereocenters. The van der Waals surface area contributed by atoms with Gasteiger partial charge in [-0.3, -0.25) is 4.57 Å². The lowest BCUT2D eigenvalue weighted by atomic mass is 10.4. The molecule has 3 rings (SSSR count). The summed E-state index contributed by atoms with van der Waals surface area (Å²) in [6, 6.07) is 6.06. The second-order valence-corrected chi connectivity index (χ2v) is 5.01. The summed E-state index contributed by atoms with van der Waals surface area (Å²) in [5, 5.41) is 8.94. The Balaban J connectivity index is 2.05. The van der Waals surface area contributed by atoms with Crippen molar-refractivity contribution in [3.05, 3.63) is 53.6 Å². The molecule has 0 aromatic carbocycles. The maximum Gasteiger partial charge on any atom is 0.345 e. The van der Waals surface area contributed by atoms with Gasteiger partial charge in [-0.25, -0.2) is 19.2 Å². The van der Waals surface area contributed by atoms with Crippen LogP contribution in [-0.2, 0) is 0 Å². The number of carboxylic acids is 1. The first-order chi connectivity index (χ1) is 9.65. The zero-order valence-electron chi connectivity index (χ0n) is 10.0. The summed E-state index contributed by atoms with van der Waals surface area (Å²) in [6.07, 6.45) is 4.40. The molecule has 0 aliphatic carbocycles. The highest BCUT2D eigenvalue weighted by molar-refractivity contribution is 7.17. The van der Waals surface area contributed by atoms with Crippen molar-refractivity contribution >= 4 is 17.3 Å². The first-order valence-electron chi connectivity index (χ1n) is 5.64. The van der Waals surface area contributed by atoms with E-state index in [0.717, 1.165) is 17.5 Å². The molecule has 0 spiro atoms. The van der Waals surface area contributed by atoms with E-state index in [4.69, 9.17) is 5.11 Å². The van der Waals surface area contributed by atoms with Gasteiger partial charge in [0.15, 0.2) is 5.82 Å². The molecule has 0 saturated carbocycles. The highest BCUT2D eigenvalue weighted by atomic mass is 32.1. The SMILES string of the molecule is O=C(O)c1ccc(-c2nccn2-c2ccc(F)cn2)s1. The summed E-state index contributed by atoms with van der Waals surface area (Å²) < 4.78 is 14.6. The highest BCUT2D eigenvalue weighted by Gasteiger charge is 2.13. The van der Waals surface area contributed by atoms with Gasteiger partial charge in [-0.05, 0) is 24.3 Å². The molecule has 3 aromatic rings. The molecule has 0 aliphatic heterocycles. The van der Waals surface area contributed by atoms with E-state index < -0.39 is 11.8 Å². The number of hydrogen-bond donors (Lipinski definition) is 1. The maximum atomic E-state index is 12.9. The summed E-state index contributed by atoms with van der Waals surface area (Å²) in [5.74, 6) is -0.301. The molecule has 7 heteroatoms. The third-order valence-electron chi connectivity index (χ3n) is 2.64. The predicted molar refractivity (Wildman–Crippen MR) is 71.6 cm³/mol. The highest BCUT2D eigenvalue weighted by Crippen LogP contribution is 2.28. The molecule has 0 saturated heterocycles. The number of pyridine rings is 1. The fourth-order valence-electron chi connectivity index (χ4n) is 1.75. The molecule has 3 aromatic heterocycles. The molecular formula is C13H8FN3O2S. The summed E-state index contributed by atoms with van der Waals surface area (Å²) in [5.41, 5.74) is 0. The van der Waals surface area contributed by atoms with Crippen LogP contribution in [0.1, 0.15) is 9.67 Å². The van der Waals surface area contributed by atoms with Gasteiger partial charge in [0, 0.05) is 12.4 Å². The summed E-state index contributed by atoms with van der Waals surface area (Å²) in [7, 11) is 0. The molecule has 0 fully saturated rings. The predicted octanol–water partition coefficient (Wildman–Crippen LogP) is 2.83.